The van der Waals surface area contributed by atoms with Crippen LogP contribution in [0.25, 0.3) is 0 Å². The predicted molar refractivity (Wildman–Crippen MR) is 86.2 cm³/mol. The maximum atomic E-state index is 12.7. The van der Waals surface area contributed by atoms with Crippen LogP contribution in [0.5, 0.6) is 0 Å². The Morgan fingerprint density at radius 1 is 1.48 bits per heavy atom. The van der Waals surface area contributed by atoms with Gasteiger partial charge in [0.25, 0.3) is 0 Å². The molecule has 0 unspecified atom stereocenters. The number of likely N-dealkylation sites (tertiary alicyclic amines) is 1. The summed E-state index contributed by atoms with van der Waals surface area (Å²) in [7, 11) is 0. The second-order valence-electron chi connectivity index (χ2n) is 5.99. The smallest absolute Gasteiger partial charge is 0.229 e. The van der Waals surface area contributed by atoms with Crippen LogP contribution in [0.2, 0.25) is 5.22 Å². The molecular weight excluding hydrogens is 316 g/mol. The van der Waals surface area contributed by atoms with Gasteiger partial charge in [-0.05, 0) is 50.3 Å². The van der Waals surface area contributed by atoms with Crippen LogP contribution >= 0.6 is 11.6 Å². The van der Waals surface area contributed by atoms with Crippen LogP contribution in [0.1, 0.15) is 36.9 Å². The average Bonchev–Trinajstić information content (AvgIpc) is 3.16. The number of piperidine rings is 1. The fourth-order valence-electron chi connectivity index (χ4n) is 3.16. The molecule has 1 aliphatic heterocycles. The number of amides is 1. The molecule has 0 aromatic carbocycles. The lowest BCUT2D eigenvalue weighted by Crippen LogP contribution is -2.46. The lowest BCUT2D eigenvalue weighted by atomic mass is 10.0. The van der Waals surface area contributed by atoms with Crippen LogP contribution < -0.4 is 0 Å². The molecule has 0 aliphatic carbocycles. The monoisotopic (exact) mass is 336 g/mol. The summed E-state index contributed by atoms with van der Waals surface area (Å²) < 4.78 is 6.84. The highest BCUT2D eigenvalue weighted by atomic mass is 35.5. The van der Waals surface area contributed by atoms with E-state index < -0.39 is 0 Å². The van der Waals surface area contributed by atoms with Crippen LogP contribution in [0.15, 0.2) is 23.0 Å². The molecule has 2 aromatic rings. The Bertz CT molecular complexity index is 634. The molecule has 1 saturated heterocycles. The summed E-state index contributed by atoms with van der Waals surface area (Å²) in [6.45, 7) is 3.42. The van der Waals surface area contributed by atoms with Crippen molar-refractivity contribution in [3.8, 4) is 0 Å². The fourth-order valence-corrected chi connectivity index (χ4v) is 3.42. The first-order chi connectivity index (χ1) is 11.1. The van der Waals surface area contributed by atoms with Gasteiger partial charge in [0.05, 0.1) is 18.3 Å². The van der Waals surface area contributed by atoms with E-state index in [9.17, 15) is 4.79 Å². The van der Waals surface area contributed by atoms with Gasteiger partial charge in [0, 0.05) is 30.9 Å². The predicted octanol–water partition coefficient (Wildman–Crippen LogP) is 2.85. The molecule has 7 heteroatoms. The summed E-state index contributed by atoms with van der Waals surface area (Å²) in [5, 5.41) is 8.38. The van der Waals surface area contributed by atoms with Gasteiger partial charge in [-0.25, -0.2) is 0 Å². The zero-order chi connectivity index (χ0) is 16.2. The minimum absolute atomic E-state index is 0.165. The van der Waals surface area contributed by atoms with Crippen molar-refractivity contribution in [1.82, 2.24) is 19.8 Å². The Morgan fingerprint density at radius 2 is 2.35 bits per heavy atom. The lowest BCUT2D eigenvalue weighted by molar-refractivity contribution is -0.135. The molecular formula is C16H21ClN4O2. The summed E-state index contributed by atoms with van der Waals surface area (Å²) >= 11 is 5.97. The van der Waals surface area contributed by atoms with Crippen molar-refractivity contribution in [1.29, 1.82) is 0 Å². The molecule has 1 amide bonds. The number of hydrogen-bond donors (Lipinski definition) is 0. The first kappa shape index (κ1) is 16.1. The van der Waals surface area contributed by atoms with Crippen LogP contribution in [0, 0.1) is 6.92 Å². The number of carbonyl (C=O) groups is 1. The Hall–Kier alpha value is -1.82. The van der Waals surface area contributed by atoms with Crippen molar-refractivity contribution in [2.75, 3.05) is 6.54 Å². The third-order valence-electron chi connectivity index (χ3n) is 4.43. The third kappa shape index (κ3) is 3.75. The van der Waals surface area contributed by atoms with E-state index in [0.717, 1.165) is 43.6 Å². The maximum absolute atomic E-state index is 12.7. The van der Waals surface area contributed by atoms with Gasteiger partial charge in [-0.2, -0.15) is 5.10 Å². The molecule has 1 aliphatic rings. The second kappa shape index (κ2) is 7.17. The Labute approximate surface area is 140 Å². The van der Waals surface area contributed by atoms with E-state index >= 15 is 0 Å². The number of nitrogens with zero attached hydrogens (tertiary/aromatic N) is 4. The van der Waals surface area contributed by atoms with E-state index in [4.69, 9.17) is 16.1 Å². The number of carbonyl (C=O) groups excluding carboxylic acids is 1. The third-order valence-corrected chi connectivity index (χ3v) is 4.73. The molecule has 3 heterocycles. The van der Waals surface area contributed by atoms with Crippen LogP contribution in [0.4, 0.5) is 0 Å². The summed E-state index contributed by atoms with van der Waals surface area (Å²) in [5.41, 5.74) is 1.59. The van der Waals surface area contributed by atoms with Crippen molar-refractivity contribution in [3.63, 3.8) is 0 Å². The van der Waals surface area contributed by atoms with Crippen molar-refractivity contribution >= 4 is 17.5 Å². The molecule has 3 rings (SSSR count). The van der Waals surface area contributed by atoms with Gasteiger partial charge in [0.15, 0.2) is 0 Å². The molecule has 0 radical (unpaired) electrons. The van der Waals surface area contributed by atoms with E-state index in [0.29, 0.717) is 18.1 Å². The van der Waals surface area contributed by atoms with Crippen LogP contribution in [0.3, 0.4) is 0 Å². The number of hydrogen-bond acceptors (Lipinski definition) is 4. The fraction of sp³-hybridized carbons (Fsp3) is 0.562. The molecule has 0 bridgehead atoms. The molecule has 0 saturated carbocycles. The molecule has 1 atom stereocenters. The van der Waals surface area contributed by atoms with Crippen molar-refractivity contribution in [2.45, 2.75) is 51.6 Å². The van der Waals surface area contributed by atoms with E-state index in [2.05, 4.69) is 10.3 Å². The molecule has 124 valence electrons. The van der Waals surface area contributed by atoms with E-state index in [1.807, 2.05) is 28.8 Å². The molecule has 6 nitrogen and oxygen atoms in total. The summed E-state index contributed by atoms with van der Waals surface area (Å²) in [6.07, 6.45) is 7.96. The first-order valence-corrected chi connectivity index (χ1v) is 8.40. The summed E-state index contributed by atoms with van der Waals surface area (Å²) in [4.78, 5) is 14.7. The highest BCUT2D eigenvalue weighted by molar-refractivity contribution is 6.29. The minimum atomic E-state index is 0.165. The Balaban J connectivity index is 1.62. The molecule has 1 fully saturated rings. The highest BCUT2D eigenvalue weighted by Crippen LogP contribution is 2.23. The molecule has 23 heavy (non-hydrogen) atoms. The van der Waals surface area contributed by atoms with Crippen LogP contribution in [-0.2, 0) is 17.8 Å². The number of aromatic nitrogens is 3. The van der Waals surface area contributed by atoms with Gasteiger partial charge < -0.3 is 9.42 Å². The summed E-state index contributed by atoms with van der Waals surface area (Å²) in [5.74, 6) is 0.165. The first-order valence-electron chi connectivity index (χ1n) is 8.02. The number of rotatable bonds is 5. The minimum Gasteiger partial charge on any atom is -0.344 e. The topological polar surface area (TPSA) is 64.2 Å². The van der Waals surface area contributed by atoms with Gasteiger partial charge in [-0.1, -0.05) is 5.16 Å². The van der Waals surface area contributed by atoms with Crippen LogP contribution in [-0.4, -0.2) is 38.3 Å². The zero-order valence-electron chi connectivity index (χ0n) is 13.2. The van der Waals surface area contributed by atoms with E-state index in [1.165, 1.54) is 0 Å². The van der Waals surface area contributed by atoms with E-state index in [1.54, 1.807) is 6.20 Å². The second-order valence-corrected chi connectivity index (χ2v) is 6.33. The number of halogens is 1. The summed E-state index contributed by atoms with van der Waals surface area (Å²) in [6, 6.07) is 2.13. The standard InChI is InChI=1S/C16H21ClN4O2/c1-12-14(16(17)23-19-12)6-7-15(22)21-10-3-2-5-13(21)11-20-9-4-8-18-20/h4,8-9,13H,2-3,5-7,10-11H2,1H3/t13-/m1/s1. The van der Waals surface area contributed by atoms with Gasteiger partial charge in [-0.3, -0.25) is 9.48 Å². The highest BCUT2D eigenvalue weighted by Gasteiger charge is 2.27. The quantitative estimate of drug-likeness (QED) is 0.842. The lowest BCUT2D eigenvalue weighted by Gasteiger charge is -2.36. The van der Waals surface area contributed by atoms with Gasteiger partial charge >= 0.3 is 0 Å². The SMILES string of the molecule is Cc1noc(Cl)c1CCC(=O)N1CCCC[C@@H]1Cn1cccn1. The van der Waals surface area contributed by atoms with E-state index in [-0.39, 0.29) is 11.9 Å². The molecule has 2 aromatic heterocycles. The van der Waals surface area contributed by atoms with Crippen molar-refractivity contribution in [2.24, 2.45) is 0 Å². The average molecular weight is 337 g/mol. The molecule has 0 spiro atoms. The van der Waals surface area contributed by atoms with Gasteiger partial charge in [-0.15, -0.1) is 0 Å². The zero-order valence-corrected chi connectivity index (χ0v) is 14.0. The van der Waals surface area contributed by atoms with Gasteiger partial charge in [0.2, 0.25) is 11.1 Å². The number of aryl methyl sites for hydroxylation is 1. The Morgan fingerprint density at radius 3 is 3.04 bits per heavy atom. The largest absolute Gasteiger partial charge is 0.344 e. The maximum Gasteiger partial charge on any atom is 0.229 e. The normalized spacial score (nSPS) is 18.3. The molecule has 0 N–H and O–H groups in total. The van der Waals surface area contributed by atoms with Crippen molar-refractivity contribution in [3.05, 3.63) is 34.9 Å². The van der Waals surface area contributed by atoms with Gasteiger partial charge in [0.1, 0.15) is 0 Å². The Kier molecular flexibility index (Phi) is 5.00. The van der Waals surface area contributed by atoms with Crippen molar-refractivity contribution < 1.29 is 9.32 Å².